The number of rotatable bonds is 8. The van der Waals surface area contributed by atoms with E-state index >= 15 is 0 Å². The fourth-order valence-corrected chi connectivity index (χ4v) is 2.89. The van der Waals surface area contributed by atoms with Gasteiger partial charge in [0.25, 0.3) is 0 Å². The van der Waals surface area contributed by atoms with Crippen molar-refractivity contribution in [3.63, 3.8) is 0 Å². The fraction of sp³-hybridized carbons (Fsp3) is 0.300. The second kappa shape index (κ2) is 9.01. The van der Waals surface area contributed by atoms with Gasteiger partial charge in [-0.05, 0) is 12.5 Å². The molecular weight excluding hydrogens is 330 g/mol. The van der Waals surface area contributed by atoms with Crippen LogP contribution in [0.5, 0.6) is 0 Å². The lowest BCUT2D eigenvalue weighted by Gasteiger charge is -2.31. The van der Waals surface area contributed by atoms with Gasteiger partial charge < -0.3 is 15.4 Å². The Labute approximate surface area is 154 Å². The number of carbonyl (C=O) groups is 2. The van der Waals surface area contributed by atoms with E-state index in [-0.39, 0.29) is 6.03 Å². The van der Waals surface area contributed by atoms with Gasteiger partial charge in [0, 0.05) is 25.3 Å². The van der Waals surface area contributed by atoms with E-state index < -0.39 is 12.0 Å². The second-order valence-corrected chi connectivity index (χ2v) is 6.10. The van der Waals surface area contributed by atoms with Gasteiger partial charge in [0.05, 0.1) is 18.7 Å². The number of nitrogens with one attached hydrogen (secondary N) is 2. The van der Waals surface area contributed by atoms with E-state index in [2.05, 4.69) is 23.8 Å². The molecule has 0 radical (unpaired) electrons. The first-order valence-corrected chi connectivity index (χ1v) is 8.39. The molecule has 1 heterocycles. The summed E-state index contributed by atoms with van der Waals surface area (Å²) in [5, 5.41) is 5.58. The Bertz CT molecular complexity index is 712. The number of carbonyl (C=O) groups excluding carboxylic acids is 2. The van der Waals surface area contributed by atoms with Gasteiger partial charge in [0.1, 0.15) is 0 Å². The lowest BCUT2D eigenvalue weighted by molar-refractivity contribution is -0.136. The molecule has 26 heavy (non-hydrogen) atoms. The molecule has 1 aliphatic rings. The van der Waals surface area contributed by atoms with Crippen molar-refractivity contribution < 1.29 is 14.3 Å². The highest BCUT2D eigenvalue weighted by Crippen LogP contribution is 2.28. The Hall–Kier alpha value is -2.86. The third-order valence-corrected chi connectivity index (χ3v) is 4.13. The minimum atomic E-state index is -0.568. The maximum atomic E-state index is 12.5. The summed E-state index contributed by atoms with van der Waals surface area (Å²) < 4.78 is 4.99. The number of nitrogens with zero attached hydrogens (tertiary/aromatic N) is 1. The van der Waals surface area contributed by atoms with Crippen molar-refractivity contribution in [1.29, 1.82) is 0 Å². The summed E-state index contributed by atoms with van der Waals surface area (Å²) in [7, 11) is 1.33. The molecule has 1 aliphatic heterocycles. The summed E-state index contributed by atoms with van der Waals surface area (Å²) >= 11 is 0. The molecule has 6 nitrogen and oxygen atoms in total. The van der Waals surface area contributed by atoms with E-state index in [1.54, 1.807) is 12.2 Å². The summed E-state index contributed by atoms with van der Waals surface area (Å²) in [6.45, 7) is 11.1. The Morgan fingerprint density at radius 2 is 1.85 bits per heavy atom. The Morgan fingerprint density at radius 3 is 2.38 bits per heavy atom. The van der Waals surface area contributed by atoms with E-state index in [1.165, 1.54) is 7.11 Å². The second-order valence-electron chi connectivity index (χ2n) is 6.10. The molecule has 0 aliphatic carbocycles. The van der Waals surface area contributed by atoms with Gasteiger partial charge in [-0.15, -0.1) is 13.2 Å². The molecule has 0 saturated carbocycles. The van der Waals surface area contributed by atoms with Gasteiger partial charge in [-0.1, -0.05) is 42.0 Å². The van der Waals surface area contributed by atoms with Crippen LogP contribution in [0.2, 0.25) is 0 Å². The zero-order valence-corrected chi connectivity index (χ0v) is 15.2. The Kier molecular flexibility index (Phi) is 6.74. The van der Waals surface area contributed by atoms with Crippen molar-refractivity contribution in [3.05, 3.63) is 72.0 Å². The first-order valence-electron chi connectivity index (χ1n) is 8.39. The summed E-state index contributed by atoms with van der Waals surface area (Å²) in [5.74, 6) is -0.477. The van der Waals surface area contributed by atoms with Crippen LogP contribution in [0, 0.1) is 6.92 Å². The third-order valence-electron chi connectivity index (χ3n) is 4.13. The topological polar surface area (TPSA) is 70.7 Å². The third kappa shape index (κ3) is 4.61. The van der Waals surface area contributed by atoms with Gasteiger partial charge in [0.2, 0.25) is 0 Å². The molecular formula is C20H25N3O3. The first kappa shape index (κ1) is 19.5. The summed E-state index contributed by atoms with van der Waals surface area (Å²) in [4.78, 5) is 26.7. The van der Waals surface area contributed by atoms with Crippen LogP contribution in [-0.4, -0.2) is 43.6 Å². The van der Waals surface area contributed by atoms with Crippen LogP contribution in [0.25, 0.3) is 0 Å². The molecule has 2 N–H and O–H groups in total. The molecule has 0 aromatic heterocycles. The van der Waals surface area contributed by atoms with Crippen LogP contribution >= 0.6 is 0 Å². The average molecular weight is 355 g/mol. The predicted octanol–water partition coefficient (Wildman–Crippen LogP) is 2.45. The van der Waals surface area contributed by atoms with E-state index in [4.69, 9.17) is 4.74 Å². The molecule has 0 spiro atoms. The molecule has 1 atom stereocenters. The molecule has 0 fully saturated rings. The molecule has 0 saturated heterocycles. The molecule has 1 aromatic carbocycles. The van der Waals surface area contributed by atoms with Gasteiger partial charge in [-0.25, -0.2) is 9.59 Å². The zero-order valence-electron chi connectivity index (χ0n) is 15.2. The average Bonchev–Trinajstić information content (AvgIpc) is 2.61. The minimum absolute atomic E-state index is 0.351. The minimum Gasteiger partial charge on any atom is -0.466 e. The van der Waals surface area contributed by atoms with E-state index in [1.807, 2.05) is 36.1 Å². The lowest BCUT2D eigenvalue weighted by atomic mass is 9.94. The summed E-state index contributed by atoms with van der Waals surface area (Å²) in [6, 6.07) is 6.77. The molecule has 138 valence electrons. The van der Waals surface area contributed by atoms with Crippen LogP contribution in [0.4, 0.5) is 4.79 Å². The predicted molar refractivity (Wildman–Crippen MR) is 101 cm³/mol. The number of benzene rings is 1. The van der Waals surface area contributed by atoms with Crippen LogP contribution in [0.3, 0.4) is 0 Å². The maximum absolute atomic E-state index is 12.5. The zero-order chi connectivity index (χ0) is 19.1. The van der Waals surface area contributed by atoms with E-state index in [0.29, 0.717) is 30.9 Å². The number of ether oxygens (including phenoxy) is 1. The number of hydrogen-bond acceptors (Lipinski definition) is 4. The highest BCUT2D eigenvalue weighted by Gasteiger charge is 2.33. The van der Waals surface area contributed by atoms with Crippen molar-refractivity contribution >= 4 is 12.0 Å². The number of amides is 2. The van der Waals surface area contributed by atoms with E-state index in [0.717, 1.165) is 11.1 Å². The highest BCUT2D eigenvalue weighted by atomic mass is 16.5. The van der Waals surface area contributed by atoms with Gasteiger partial charge >= 0.3 is 12.0 Å². The quantitative estimate of drug-likeness (QED) is 0.555. The standard InChI is InChI=1S/C20H25N3O3/c1-5-11-23(12-6-2)13-16-17(19(24)26-4)18(22-20(25)21-16)15-9-7-14(3)8-10-15/h5-10,18H,1-2,11-13H2,3-4H3,(H2,21,22,25)/t18-/m1/s1. The van der Waals surface area contributed by atoms with Crippen LogP contribution < -0.4 is 10.6 Å². The van der Waals surface area contributed by atoms with Crippen molar-refractivity contribution in [1.82, 2.24) is 15.5 Å². The number of aryl methyl sites for hydroxylation is 1. The monoisotopic (exact) mass is 355 g/mol. The van der Waals surface area contributed by atoms with Crippen molar-refractivity contribution in [2.45, 2.75) is 13.0 Å². The smallest absolute Gasteiger partial charge is 0.338 e. The van der Waals surface area contributed by atoms with Crippen LogP contribution in [0.15, 0.2) is 60.8 Å². The van der Waals surface area contributed by atoms with Crippen molar-refractivity contribution in [3.8, 4) is 0 Å². The molecule has 2 rings (SSSR count). The lowest BCUT2D eigenvalue weighted by Crippen LogP contribution is -2.48. The number of methoxy groups -OCH3 is 1. The molecule has 2 amide bonds. The SMILES string of the molecule is C=CCN(CC=C)CC1=C(C(=O)OC)[C@@H](c2ccc(C)cc2)NC(=O)N1. The largest absolute Gasteiger partial charge is 0.466 e. The van der Waals surface area contributed by atoms with Gasteiger partial charge in [0.15, 0.2) is 0 Å². The van der Waals surface area contributed by atoms with Crippen LogP contribution in [0.1, 0.15) is 17.2 Å². The maximum Gasteiger partial charge on any atom is 0.338 e. The van der Waals surface area contributed by atoms with E-state index in [9.17, 15) is 9.59 Å². The summed E-state index contributed by atoms with van der Waals surface area (Å²) in [5.41, 5.74) is 2.84. The fourth-order valence-electron chi connectivity index (χ4n) is 2.89. The summed E-state index contributed by atoms with van der Waals surface area (Å²) in [6.07, 6.45) is 3.53. The number of hydrogen-bond donors (Lipinski definition) is 2. The number of urea groups is 1. The van der Waals surface area contributed by atoms with Crippen molar-refractivity contribution in [2.24, 2.45) is 0 Å². The highest BCUT2D eigenvalue weighted by molar-refractivity contribution is 5.95. The molecule has 1 aromatic rings. The van der Waals surface area contributed by atoms with Crippen LogP contribution in [-0.2, 0) is 9.53 Å². The Balaban J connectivity index is 2.47. The first-order chi connectivity index (χ1) is 12.5. The molecule has 0 bridgehead atoms. The van der Waals surface area contributed by atoms with Gasteiger partial charge in [-0.3, -0.25) is 4.90 Å². The molecule has 0 unspecified atom stereocenters. The number of esters is 1. The normalized spacial score (nSPS) is 16.7. The molecule has 6 heteroatoms. The van der Waals surface area contributed by atoms with Crippen molar-refractivity contribution in [2.75, 3.05) is 26.7 Å². The van der Waals surface area contributed by atoms with Gasteiger partial charge in [-0.2, -0.15) is 0 Å². The Morgan fingerprint density at radius 1 is 1.23 bits per heavy atom.